The first-order valence-corrected chi connectivity index (χ1v) is 10.7. The number of hydrogen-bond donors (Lipinski definition) is 3. The molecule has 0 aromatic heterocycles. The molecule has 1 aliphatic heterocycles. The Bertz CT molecular complexity index is 843. The fourth-order valence-corrected chi connectivity index (χ4v) is 4.45. The van der Waals surface area contributed by atoms with E-state index < -0.39 is 16.2 Å². The van der Waals surface area contributed by atoms with Crippen molar-refractivity contribution >= 4 is 21.7 Å². The minimum Gasteiger partial charge on any atom is -0.405 e. The van der Waals surface area contributed by atoms with Crippen LogP contribution >= 0.6 is 0 Å². The Hall–Kier alpha value is -2.50. The van der Waals surface area contributed by atoms with Gasteiger partial charge >= 0.3 is 6.36 Å². The molecule has 1 saturated heterocycles. The highest BCUT2D eigenvalue weighted by Gasteiger charge is 2.32. The van der Waals surface area contributed by atoms with Crippen LogP contribution in [-0.4, -0.2) is 57.8 Å². The van der Waals surface area contributed by atoms with Crippen molar-refractivity contribution in [3.63, 3.8) is 0 Å². The topological polar surface area (TPSA) is 109 Å². The van der Waals surface area contributed by atoms with E-state index in [2.05, 4.69) is 25.7 Å². The van der Waals surface area contributed by atoms with Crippen LogP contribution < -0.4 is 20.7 Å². The Labute approximate surface area is 166 Å². The fourth-order valence-electron chi connectivity index (χ4n) is 2.78. The lowest BCUT2D eigenvalue weighted by molar-refractivity contribution is -0.274. The van der Waals surface area contributed by atoms with E-state index >= 15 is 0 Å². The van der Waals surface area contributed by atoms with Gasteiger partial charge in [-0.05, 0) is 12.5 Å². The summed E-state index contributed by atoms with van der Waals surface area (Å²) in [4.78, 5) is 15.9. The molecule has 1 heterocycles. The predicted octanol–water partition coefficient (Wildman–Crippen LogP) is 0.944. The van der Waals surface area contributed by atoms with Crippen molar-refractivity contribution in [2.24, 2.45) is 4.99 Å². The van der Waals surface area contributed by atoms with Crippen LogP contribution in [0, 0.1) is 0 Å². The van der Waals surface area contributed by atoms with Gasteiger partial charge in [0, 0.05) is 38.2 Å². The average Bonchev–Trinajstić information content (AvgIpc) is 2.96. The summed E-state index contributed by atoms with van der Waals surface area (Å²) in [6, 6.07) is 5.37. The molecule has 0 saturated carbocycles. The van der Waals surface area contributed by atoms with Crippen LogP contribution in [0.5, 0.6) is 5.75 Å². The molecule has 1 unspecified atom stereocenters. The van der Waals surface area contributed by atoms with Crippen LogP contribution in [0.15, 0.2) is 29.3 Å². The second-order valence-corrected chi connectivity index (χ2v) is 8.65. The minimum atomic E-state index is -4.79. The Morgan fingerprint density at radius 3 is 2.62 bits per heavy atom. The molecule has 12 heteroatoms. The standard InChI is InChI=1S/C17H23F3N4O4S/c1-21-16(22-8-6-15(25)24-13-7-9-29(26,27)11-13)23-10-12-4-2-3-5-14(12)28-17(18,19)20/h2-5,13H,6-11H2,1H3,(H,24,25)(H2,21,22,23). The number of nitrogens with zero attached hydrogens (tertiary/aromatic N) is 1. The van der Waals surface area contributed by atoms with E-state index in [9.17, 15) is 26.4 Å². The highest BCUT2D eigenvalue weighted by Crippen LogP contribution is 2.26. The molecule has 0 radical (unpaired) electrons. The predicted molar refractivity (Wildman–Crippen MR) is 101 cm³/mol. The Morgan fingerprint density at radius 2 is 2.00 bits per heavy atom. The second-order valence-electron chi connectivity index (χ2n) is 6.43. The Balaban J connectivity index is 1.77. The first-order chi connectivity index (χ1) is 13.6. The summed E-state index contributed by atoms with van der Waals surface area (Å²) < 4.78 is 64.2. The molecule has 29 heavy (non-hydrogen) atoms. The number of benzene rings is 1. The zero-order valence-electron chi connectivity index (χ0n) is 15.8. The van der Waals surface area contributed by atoms with Gasteiger partial charge in [0.25, 0.3) is 0 Å². The van der Waals surface area contributed by atoms with Crippen molar-refractivity contribution in [3.05, 3.63) is 29.8 Å². The second kappa shape index (κ2) is 9.81. The van der Waals surface area contributed by atoms with Crippen LogP contribution in [0.2, 0.25) is 0 Å². The van der Waals surface area contributed by atoms with E-state index in [-0.39, 0.29) is 54.3 Å². The largest absolute Gasteiger partial charge is 0.573 e. The molecule has 0 spiro atoms. The smallest absolute Gasteiger partial charge is 0.405 e. The molecule has 2 rings (SSSR count). The molecule has 1 aromatic carbocycles. The van der Waals surface area contributed by atoms with Gasteiger partial charge in [-0.1, -0.05) is 18.2 Å². The van der Waals surface area contributed by atoms with Crippen LogP contribution in [-0.2, 0) is 21.2 Å². The van der Waals surface area contributed by atoms with Gasteiger partial charge in [0.2, 0.25) is 5.91 Å². The van der Waals surface area contributed by atoms with Crippen LogP contribution in [0.1, 0.15) is 18.4 Å². The van der Waals surface area contributed by atoms with Crippen molar-refractivity contribution in [2.45, 2.75) is 31.8 Å². The number of alkyl halides is 3. The minimum absolute atomic E-state index is 0.0258. The van der Waals surface area contributed by atoms with Gasteiger partial charge in [-0.3, -0.25) is 9.79 Å². The Kier molecular flexibility index (Phi) is 7.71. The number of carbonyl (C=O) groups excluding carboxylic acids is 1. The molecule has 1 amide bonds. The lowest BCUT2D eigenvalue weighted by Crippen LogP contribution is -2.41. The number of nitrogens with one attached hydrogen (secondary N) is 3. The molecular weight excluding hydrogens is 413 g/mol. The molecule has 8 nitrogen and oxygen atoms in total. The summed E-state index contributed by atoms with van der Waals surface area (Å²) in [6.45, 7) is 0.240. The summed E-state index contributed by atoms with van der Waals surface area (Å²) >= 11 is 0. The number of amides is 1. The van der Waals surface area contributed by atoms with Crippen molar-refractivity contribution in [3.8, 4) is 5.75 Å². The maximum absolute atomic E-state index is 12.5. The summed E-state index contributed by atoms with van der Waals surface area (Å²) in [5, 5.41) is 8.40. The number of carbonyl (C=O) groups is 1. The monoisotopic (exact) mass is 436 g/mol. The normalized spacial score (nSPS) is 18.9. The van der Waals surface area contributed by atoms with Crippen LogP contribution in [0.3, 0.4) is 0 Å². The fraction of sp³-hybridized carbons (Fsp3) is 0.529. The van der Waals surface area contributed by atoms with Crippen molar-refractivity contribution in [1.82, 2.24) is 16.0 Å². The SMILES string of the molecule is CN=C(NCCC(=O)NC1CCS(=O)(=O)C1)NCc1ccccc1OC(F)(F)F. The number of aliphatic imine (C=N–C) groups is 1. The van der Waals surface area contributed by atoms with Crippen molar-refractivity contribution in [2.75, 3.05) is 25.1 Å². The number of ether oxygens (including phenoxy) is 1. The van der Waals surface area contributed by atoms with E-state index in [1.54, 1.807) is 6.07 Å². The van der Waals surface area contributed by atoms with Gasteiger partial charge < -0.3 is 20.7 Å². The van der Waals surface area contributed by atoms with E-state index in [1.165, 1.54) is 25.2 Å². The molecular formula is C17H23F3N4O4S. The van der Waals surface area contributed by atoms with Gasteiger partial charge in [-0.15, -0.1) is 13.2 Å². The third-order valence-corrected chi connectivity index (χ3v) is 5.88. The molecule has 0 bridgehead atoms. The van der Waals surface area contributed by atoms with Gasteiger partial charge in [0.1, 0.15) is 5.75 Å². The third-order valence-electron chi connectivity index (χ3n) is 4.11. The van der Waals surface area contributed by atoms with Gasteiger partial charge in [-0.2, -0.15) is 0 Å². The van der Waals surface area contributed by atoms with Crippen LogP contribution in [0.4, 0.5) is 13.2 Å². The summed E-state index contributed by atoms with van der Waals surface area (Å²) in [6.07, 6.45) is -4.29. The van der Waals surface area contributed by atoms with E-state index in [0.29, 0.717) is 12.4 Å². The molecule has 1 aliphatic rings. The van der Waals surface area contributed by atoms with E-state index in [4.69, 9.17) is 0 Å². The average molecular weight is 436 g/mol. The highest BCUT2D eigenvalue weighted by atomic mass is 32.2. The number of para-hydroxylation sites is 1. The summed E-state index contributed by atoms with van der Waals surface area (Å²) in [5.74, 6) is -0.281. The number of rotatable bonds is 7. The van der Waals surface area contributed by atoms with E-state index in [1.807, 2.05) is 0 Å². The van der Waals surface area contributed by atoms with Gasteiger partial charge in [0.05, 0.1) is 11.5 Å². The molecule has 1 aromatic rings. The summed E-state index contributed by atoms with van der Waals surface area (Å²) in [7, 11) is -1.58. The number of guanidine groups is 1. The highest BCUT2D eigenvalue weighted by molar-refractivity contribution is 7.91. The first-order valence-electron chi connectivity index (χ1n) is 8.86. The molecule has 0 aliphatic carbocycles. The van der Waals surface area contributed by atoms with Gasteiger partial charge in [0.15, 0.2) is 15.8 Å². The molecule has 3 N–H and O–H groups in total. The van der Waals surface area contributed by atoms with Gasteiger partial charge in [-0.25, -0.2) is 8.42 Å². The number of sulfone groups is 1. The molecule has 1 fully saturated rings. The lowest BCUT2D eigenvalue weighted by atomic mass is 10.2. The zero-order valence-corrected chi connectivity index (χ0v) is 16.6. The third kappa shape index (κ3) is 8.18. The van der Waals surface area contributed by atoms with Crippen LogP contribution in [0.25, 0.3) is 0 Å². The van der Waals surface area contributed by atoms with Crippen molar-refractivity contribution < 1.29 is 31.1 Å². The number of halogens is 3. The van der Waals surface area contributed by atoms with Crippen molar-refractivity contribution in [1.29, 1.82) is 0 Å². The number of hydrogen-bond acceptors (Lipinski definition) is 5. The molecule has 162 valence electrons. The van der Waals surface area contributed by atoms with E-state index in [0.717, 1.165) is 0 Å². The lowest BCUT2D eigenvalue weighted by Gasteiger charge is -2.16. The Morgan fingerprint density at radius 1 is 1.28 bits per heavy atom. The zero-order chi connectivity index (χ0) is 21.5. The quantitative estimate of drug-likeness (QED) is 0.434. The maximum atomic E-state index is 12.5. The maximum Gasteiger partial charge on any atom is 0.573 e. The summed E-state index contributed by atoms with van der Waals surface area (Å²) in [5.41, 5.74) is 0.285. The molecule has 1 atom stereocenters. The first kappa shape index (κ1) is 22.8.